The van der Waals surface area contributed by atoms with Gasteiger partial charge in [0.15, 0.2) is 5.17 Å². The van der Waals surface area contributed by atoms with Gasteiger partial charge >= 0.3 is 0 Å². The van der Waals surface area contributed by atoms with E-state index < -0.39 is 10.2 Å². The summed E-state index contributed by atoms with van der Waals surface area (Å²) in [6.07, 6.45) is 1.91. The van der Waals surface area contributed by atoms with Crippen LogP contribution in [0, 0.1) is 10.1 Å². The highest BCUT2D eigenvalue weighted by Gasteiger charge is 2.32. The molecule has 2 N–H and O–H groups in total. The normalized spacial score (nSPS) is 17.8. The molecule has 1 atom stereocenters. The molecule has 1 aliphatic rings. The monoisotopic (exact) mass is 380 g/mol. The third-order valence-corrected chi connectivity index (χ3v) is 4.70. The van der Waals surface area contributed by atoms with E-state index in [2.05, 4.69) is 22.5 Å². The van der Waals surface area contributed by atoms with Crippen LogP contribution in [0.4, 0.5) is 11.4 Å². The number of ether oxygens (including phenoxy) is 1. The second-order valence-electron chi connectivity index (χ2n) is 5.53. The molecule has 1 aromatic carbocycles. The molecule has 0 spiro atoms. The molecular formula is C16H20N4O5S. The van der Waals surface area contributed by atoms with Crippen molar-refractivity contribution in [2.45, 2.75) is 31.4 Å². The standard InChI is InChI=1S/C16H20N4O5S/c1-3-4-7-17-16-19-15(22)13(26-16)9-14(21)18-11-6-5-10(20(23)24)8-12(11)25-2/h5-6,8,13H,3-4,7,9H2,1-2H3,(H,18,21)(H,17,19,22)/t13-/m1/s1. The first-order valence-electron chi connectivity index (χ1n) is 8.08. The summed E-state index contributed by atoms with van der Waals surface area (Å²) in [6.45, 7) is 2.69. The molecule has 26 heavy (non-hydrogen) atoms. The molecule has 0 radical (unpaired) electrons. The maximum absolute atomic E-state index is 12.2. The van der Waals surface area contributed by atoms with Gasteiger partial charge in [-0.15, -0.1) is 0 Å². The lowest BCUT2D eigenvalue weighted by atomic mass is 10.2. The molecule has 1 aliphatic heterocycles. The molecular weight excluding hydrogens is 360 g/mol. The van der Waals surface area contributed by atoms with Crippen molar-refractivity contribution >= 4 is 40.1 Å². The summed E-state index contributed by atoms with van der Waals surface area (Å²) < 4.78 is 5.08. The minimum atomic E-state index is -0.556. The first-order valence-corrected chi connectivity index (χ1v) is 8.96. The molecule has 1 heterocycles. The van der Waals surface area contributed by atoms with E-state index >= 15 is 0 Å². The quantitative estimate of drug-likeness (QED) is 0.405. The number of nitro groups is 1. The van der Waals surface area contributed by atoms with Crippen LogP contribution < -0.4 is 15.4 Å². The summed E-state index contributed by atoms with van der Waals surface area (Å²) in [5, 5.41) is 16.1. The number of anilines is 1. The Morgan fingerprint density at radius 3 is 2.92 bits per heavy atom. The molecule has 0 aliphatic carbocycles. The molecule has 2 amide bonds. The number of methoxy groups -OCH3 is 1. The van der Waals surface area contributed by atoms with Gasteiger partial charge in [-0.25, -0.2) is 0 Å². The smallest absolute Gasteiger partial charge is 0.273 e. The van der Waals surface area contributed by atoms with Crippen LogP contribution in [0.3, 0.4) is 0 Å². The number of thioether (sulfide) groups is 1. The molecule has 0 unspecified atom stereocenters. The first-order chi connectivity index (χ1) is 12.4. The maximum atomic E-state index is 12.2. The number of carbonyl (C=O) groups is 2. The summed E-state index contributed by atoms with van der Waals surface area (Å²) >= 11 is 1.23. The fourth-order valence-electron chi connectivity index (χ4n) is 2.22. The fraction of sp³-hybridized carbons (Fsp3) is 0.438. The zero-order valence-corrected chi connectivity index (χ0v) is 15.3. The molecule has 140 valence electrons. The molecule has 2 rings (SSSR count). The predicted octanol–water partition coefficient (Wildman–Crippen LogP) is 2.32. The lowest BCUT2D eigenvalue weighted by Gasteiger charge is -2.11. The van der Waals surface area contributed by atoms with Gasteiger partial charge in [0.2, 0.25) is 11.8 Å². The number of rotatable bonds is 8. The summed E-state index contributed by atoms with van der Waals surface area (Å²) in [7, 11) is 1.36. The first kappa shape index (κ1) is 19.7. The van der Waals surface area contributed by atoms with E-state index in [1.807, 2.05) is 0 Å². The number of hydrogen-bond donors (Lipinski definition) is 2. The van der Waals surface area contributed by atoms with Crippen molar-refractivity contribution in [3.8, 4) is 5.75 Å². The Morgan fingerprint density at radius 2 is 2.27 bits per heavy atom. The summed E-state index contributed by atoms with van der Waals surface area (Å²) in [6, 6.07) is 3.90. The van der Waals surface area contributed by atoms with Crippen molar-refractivity contribution in [1.82, 2.24) is 5.32 Å². The van der Waals surface area contributed by atoms with Crippen molar-refractivity contribution in [2.75, 3.05) is 19.0 Å². The summed E-state index contributed by atoms with van der Waals surface area (Å²) in [4.78, 5) is 38.7. The molecule has 0 aromatic heterocycles. The van der Waals surface area contributed by atoms with Gasteiger partial charge in [-0.05, 0) is 12.5 Å². The van der Waals surface area contributed by atoms with Crippen LogP contribution in [-0.4, -0.2) is 40.8 Å². The largest absolute Gasteiger partial charge is 0.494 e. The van der Waals surface area contributed by atoms with Gasteiger partial charge in [-0.1, -0.05) is 25.1 Å². The highest BCUT2D eigenvalue weighted by molar-refractivity contribution is 8.15. The minimum absolute atomic E-state index is 0.0383. The van der Waals surface area contributed by atoms with Crippen LogP contribution in [0.5, 0.6) is 5.75 Å². The van der Waals surface area contributed by atoms with E-state index in [-0.39, 0.29) is 29.7 Å². The number of unbranched alkanes of at least 4 members (excludes halogenated alkanes) is 1. The van der Waals surface area contributed by atoms with Gasteiger partial charge in [0, 0.05) is 19.0 Å². The third-order valence-electron chi connectivity index (χ3n) is 3.58. The second-order valence-corrected chi connectivity index (χ2v) is 6.72. The Bertz CT molecular complexity index is 737. The Labute approximate surface area is 154 Å². The number of nitro benzene ring substituents is 1. The second kappa shape index (κ2) is 9.18. The average Bonchev–Trinajstić information content (AvgIpc) is 2.94. The van der Waals surface area contributed by atoms with E-state index in [1.165, 1.54) is 37.1 Å². The SMILES string of the molecule is CCCCN=C1NC(=O)[C@@H](CC(=O)Nc2ccc([N+](=O)[O-])cc2OC)S1. The highest BCUT2D eigenvalue weighted by atomic mass is 32.2. The Kier molecular flexibility index (Phi) is 6.96. The van der Waals surface area contributed by atoms with E-state index in [0.29, 0.717) is 17.4 Å². The van der Waals surface area contributed by atoms with Crippen molar-refractivity contribution < 1.29 is 19.2 Å². The number of carbonyl (C=O) groups excluding carboxylic acids is 2. The van der Waals surface area contributed by atoms with E-state index in [4.69, 9.17) is 4.74 Å². The zero-order valence-electron chi connectivity index (χ0n) is 14.5. The molecule has 1 saturated heterocycles. The van der Waals surface area contributed by atoms with Crippen molar-refractivity contribution in [2.24, 2.45) is 4.99 Å². The van der Waals surface area contributed by atoms with Crippen LogP contribution in [0.2, 0.25) is 0 Å². The van der Waals surface area contributed by atoms with Crippen LogP contribution in [0.25, 0.3) is 0 Å². The van der Waals surface area contributed by atoms with Gasteiger partial charge in [-0.2, -0.15) is 0 Å². The van der Waals surface area contributed by atoms with Gasteiger partial charge in [0.1, 0.15) is 11.0 Å². The van der Waals surface area contributed by atoms with Crippen molar-refractivity contribution in [3.05, 3.63) is 28.3 Å². The molecule has 10 heteroatoms. The molecule has 1 aromatic rings. The van der Waals surface area contributed by atoms with Crippen LogP contribution in [0.1, 0.15) is 26.2 Å². The number of amidine groups is 1. The number of amides is 2. The van der Waals surface area contributed by atoms with E-state index in [1.54, 1.807) is 0 Å². The predicted molar refractivity (Wildman–Crippen MR) is 99.6 cm³/mol. The molecule has 9 nitrogen and oxygen atoms in total. The third kappa shape index (κ3) is 5.19. The average molecular weight is 380 g/mol. The summed E-state index contributed by atoms with van der Waals surface area (Å²) in [5.41, 5.74) is 0.168. The van der Waals surface area contributed by atoms with Gasteiger partial charge < -0.3 is 15.4 Å². The number of nitrogens with one attached hydrogen (secondary N) is 2. The Hall–Kier alpha value is -2.62. The van der Waals surface area contributed by atoms with Crippen molar-refractivity contribution in [1.29, 1.82) is 0 Å². The van der Waals surface area contributed by atoms with E-state index in [9.17, 15) is 19.7 Å². The van der Waals surface area contributed by atoms with Gasteiger partial charge in [0.25, 0.3) is 5.69 Å². The zero-order chi connectivity index (χ0) is 19.1. The number of non-ortho nitro benzene ring substituents is 1. The van der Waals surface area contributed by atoms with E-state index in [0.717, 1.165) is 12.8 Å². The number of aliphatic imine (C=N–C) groups is 1. The molecule has 0 saturated carbocycles. The lowest BCUT2D eigenvalue weighted by Crippen LogP contribution is -2.28. The van der Waals surface area contributed by atoms with Gasteiger partial charge in [0.05, 0.1) is 23.8 Å². The van der Waals surface area contributed by atoms with Crippen LogP contribution in [-0.2, 0) is 9.59 Å². The Morgan fingerprint density at radius 1 is 1.50 bits per heavy atom. The minimum Gasteiger partial charge on any atom is -0.494 e. The fourth-order valence-corrected chi connectivity index (χ4v) is 3.22. The molecule has 1 fully saturated rings. The van der Waals surface area contributed by atoms with Crippen molar-refractivity contribution in [3.63, 3.8) is 0 Å². The lowest BCUT2D eigenvalue weighted by molar-refractivity contribution is -0.384. The van der Waals surface area contributed by atoms with Gasteiger partial charge in [-0.3, -0.25) is 24.7 Å². The number of nitrogens with zero attached hydrogens (tertiary/aromatic N) is 2. The highest BCUT2D eigenvalue weighted by Crippen LogP contribution is 2.30. The Balaban J connectivity index is 1.97. The molecule has 0 bridgehead atoms. The number of hydrogen-bond acceptors (Lipinski definition) is 7. The topological polar surface area (TPSA) is 123 Å². The van der Waals surface area contributed by atoms with Crippen LogP contribution >= 0.6 is 11.8 Å². The number of benzene rings is 1. The van der Waals surface area contributed by atoms with Crippen LogP contribution in [0.15, 0.2) is 23.2 Å². The maximum Gasteiger partial charge on any atom is 0.273 e. The summed E-state index contributed by atoms with van der Waals surface area (Å²) in [5.74, 6) is -0.464.